The average molecular weight is 805 g/mol. The van der Waals surface area contributed by atoms with Crippen molar-refractivity contribution in [2.24, 2.45) is 0 Å². The molecule has 9 rings (SSSR count). The van der Waals surface area contributed by atoms with Gasteiger partial charge in [-0.25, -0.2) is 14.4 Å². The Bertz CT molecular complexity index is 2380. The number of benzene rings is 3. The molecule has 3 aromatic carbocycles. The van der Waals surface area contributed by atoms with Crippen LogP contribution in [0, 0.1) is 5.82 Å². The average Bonchev–Trinajstić information content (AvgIpc) is 3.83. The number of hydrogen-bond donors (Lipinski definition) is 2. The van der Waals surface area contributed by atoms with E-state index in [2.05, 4.69) is 20.1 Å². The summed E-state index contributed by atoms with van der Waals surface area (Å²) in [5.41, 5.74) is 1.17. The fraction of sp³-hybridized carbons (Fsp3) is 0.350. The molecule has 0 radical (unpaired) electrons. The molecular weight excluding hydrogens is 768 g/mol. The SMILES string of the molecule is O=C(Nc1cc(C(F)(F)F)c2c(c1)C1(CC1)C(=O)N2)c1ccc2c(c1)nc(CN1CCC(c3cccc(OCc4ccc(Cl)cc4F)n3)CC1)n2C[Si@@H]1CCO1. The van der Waals surface area contributed by atoms with Crippen LogP contribution in [-0.2, 0) is 40.1 Å². The fourth-order valence-electron chi connectivity index (χ4n) is 8.02. The molecule has 5 aromatic rings. The number of piperidine rings is 1. The number of fused-ring (bicyclic) bond motifs is 3. The van der Waals surface area contributed by atoms with E-state index < -0.39 is 43.8 Å². The van der Waals surface area contributed by atoms with Crippen LogP contribution in [0.1, 0.15) is 70.2 Å². The Morgan fingerprint density at radius 2 is 1.88 bits per heavy atom. The summed E-state index contributed by atoms with van der Waals surface area (Å²) in [5.74, 6) is 0.0878. The number of anilines is 2. The van der Waals surface area contributed by atoms with Gasteiger partial charge in [0.25, 0.3) is 5.91 Å². The molecule has 1 saturated carbocycles. The van der Waals surface area contributed by atoms with E-state index >= 15 is 0 Å². The second-order valence-electron chi connectivity index (χ2n) is 15.0. The third kappa shape index (κ3) is 7.05. The molecule has 16 heteroatoms. The summed E-state index contributed by atoms with van der Waals surface area (Å²) in [5, 5.41) is 5.41. The summed E-state index contributed by atoms with van der Waals surface area (Å²) in [6.07, 6.45) is -1.30. The van der Waals surface area contributed by atoms with E-state index in [0.29, 0.717) is 41.4 Å². The van der Waals surface area contributed by atoms with Gasteiger partial charge in [0, 0.05) is 52.3 Å². The molecule has 1 atom stereocenters. The molecule has 0 bridgehead atoms. The molecule has 290 valence electrons. The summed E-state index contributed by atoms with van der Waals surface area (Å²) < 4.78 is 70.5. The van der Waals surface area contributed by atoms with Crippen LogP contribution in [0.2, 0.25) is 11.1 Å². The normalized spacial score (nSPS) is 19.2. The predicted octanol–water partition coefficient (Wildman–Crippen LogP) is 7.73. The molecular formula is C40H37ClF4N6O4Si. The first kappa shape index (κ1) is 36.8. The number of nitrogens with zero attached hydrogens (tertiary/aromatic N) is 4. The number of carbonyl (C=O) groups is 2. The van der Waals surface area contributed by atoms with E-state index in [1.165, 1.54) is 12.1 Å². The molecule has 2 amide bonds. The Morgan fingerprint density at radius 1 is 1.07 bits per heavy atom. The Balaban J connectivity index is 0.893. The van der Waals surface area contributed by atoms with E-state index in [1.807, 2.05) is 18.2 Å². The number of ether oxygens (including phenoxy) is 1. The van der Waals surface area contributed by atoms with E-state index in [9.17, 15) is 27.2 Å². The van der Waals surface area contributed by atoms with Crippen LogP contribution in [0.25, 0.3) is 11.0 Å². The molecule has 4 aliphatic rings. The molecule has 1 aliphatic carbocycles. The number of aromatic nitrogens is 3. The molecule has 56 heavy (non-hydrogen) atoms. The highest BCUT2D eigenvalue weighted by Crippen LogP contribution is 2.58. The number of halogens is 5. The molecule has 10 nitrogen and oxygen atoms in total. The van der Waals surface area contributed by atoms with Crippen LogP contribution >= 0.6 is 11.6 Å². The lowest BCUT2D eigenvalue weighted by Crippen LogP contribution is -2.37. The summed E-state index contributed by atoms with van der Waals surface area (Å²) >= 11 is 5.87. The molecule has 0 unspecified atom stereocenters. The second kappa shape index (κ2) is 14.3. The lowest BCUT2D eigenvalue weighted by molar-refractivity contribution is -0.136. The van der Waals surface area contributed by atoms with Gasteiger partial charge in [-0.05, 0) is 98.9 Å². The van der Waals surface area contributed by atoms with Crippen molar-refractivity contribution in [2.75, 3.05) is 30.3 Å². The van der Waals surface area contributed by atoms with Gasteiger partial charge < -0.3 is 24.4 Å². The molecule has 5 heterocycles. The largest absolute Gasteiger partial charge is 0.473 e. The fourth-order valence-corrected chi connectivity index (χ4v) is 9.85. The molecule has 2 N–H and O–H groups in total. The number of imidazole rings is 1. The molecule has 1 spiro atoms. The van der Waals surface area contributed by atoms with Gasteiger partial charge >= 0.3 is 6.18 Å². The van der Waals surface area contributed by atoms with Gasteiger partial charge in [0.1, 0.15) is 18.2 Å². The zero-order chi connectivity index (χ0) is 38.8. The van der Waals surface area contributed by atoms with E-state index in [-0.39, 0.29) is 35.0 Å². The lowest BCUT2D eigenvalue weighted by Gasteiger charge is -2.32. The number of pyridine rings is 1. The summed E-state index contributed by atoms with van der Waals surface area (Å²) in [6.45, 7) is 3.02. The number of carbonyl (C=O) groups excluding carboxylic acids is 2. The number of likely N-dealkylation sites (tertiary alicyclic amines) is 1. The Kier molecular flexibility index (Phi) is 9.38. The summed E-state index contributed by atoms with van der Waals surface area (Å²) in [7, 11) is -1.43. The van der Waals surface area contributed by atoms with Gasteiger partial charge in [-0.3, -0.25) is 14.5 Å². The Hall–Kier alpha value is -4.83. The third-order valence-electron chi connectivity index (χ3n) is 11.4. The van der Waals surface area contributed by atoms with E-state index in [1.54, 1.807) is 30.3 Å². The minimum atomic E-state index is -4.72. The van der Waals surface area contributed by atoms with Gasteiger partial charge in [-0.1, -0.05) is 23.7 Å². The first-order chi connectivity index (χ1) is 26.9. The van der Waals surface area contributed by atoms with Gasteiger partial charge in [-0.15, -0.1) is 0 Å². The number of amides is 2. The smallest absolute Gasteiger partial charge is 0.418 e. The van der Waals surface area contributed by atoms with Crippen molar-refractivity contribution >= 4 is 54.9 Å². The van der Waals surface area contributed by atoms with Crippen molar-refractivity contribution in [1.29, 1.82) is 0 Å². The monoisotopic (exact) mass is 804 g/mol. The van der Waals surface area contributed by atoms with Crippen molar-refractivity contribution in [3.8, 4) is 5.88 Å². The van der Waals surface area contributed by atoms with Crippen LogP contribution in [0.4, 0.5) is 28.9 Å². The maximum Gasteiger partial charge on any atom is 0.418 e. The third-order valence-corrected chi connectivity index (χ3v) is 14.0. The predicted molar refractivity (Wildman–Crippen MR) is 204 cm³/mol. The minimum Gasteiger partial charge on any atom is -0.473 e. The van der Waals surface area contributed by atoms with Crippen molar-refractivity contribution in [3.05, 3.63) is 111 Å². The molecule has 2 saturated heterocycles. The second-order valence-corrected chi connectivity index (χ2v) is 18.0. The van der Waals surface area contributed by atoms with Crippen LogP contribution < -0.4 is 15.4 Å². The van der Waals surface area contributed by atoms with Crippen molar-refractivity contribution in [2.45, 2.75) is 68.6 Å². The molecule has 3 aliphatic heterocycles. The van der Waals surface area contributed by atoms with Gasteiger partial charge in [-0.2, -0.15) is 13.2 Å². The highest BCUT2D eigenvalue weighted by Gasteiger charge is 2.58. The lowest BCUT2D eigenvalue weighted by atomic mass is 9.93. The summed E-state index contributed by atoms with van der Waals surface area (Å²) in [4.78, 5) is 38.2. The van der Waals surface area contributed by atoms with Gasteiger partial charge in [0.15, 0.2) is 9.04 Å². The highest BCUT2D eigenvalue weighted by atomic mass is 35.5. The highest BCUT2D eigenvalue weighted by molar-refractivity contribution is 6.53. The van der Waals surface area contributed by atoms with Crippen LogP contribution in [0.5, 0.6) is 5.88 Å². The van der Waals surface area contributed by atoms with Gasteiger partial charge in [0.05, 0.1) is 34.2 Å². The topological polar surface area (TPSA) is 111 Å². The first-order valence-electron chi connectivity index (χ1n) is 18.7. The number of alkyl halides is 3. The number of hydrogen-bond acceptors (Lipinski definition) is 7. The van der Waals surface area contributed by atoms with Crippen molar-refractivity contribution < 1.29 is 36.3 Å². The maximum atomic E-state index is 14.3. The zero-order valence-corrected chi connectivity index (χ0v) is 32.0. The van der Waals surface area contributed by atoms with E-state index in [4.69, 9.17) is 30.7 Å². The van der Waals surface area contributed by atoms with Crippen LogP contribution in [-0.4, -0.2) is 60.0 Å². The van der Waals surface area contributed by atoms with Gasteiger partial charge in [0.2, 0.25) is 11.8 Å². The summed E-state index contributed by atoms with van der Waals surface area (Å²) in [6, 6.07) is 18.8. The number of nitrogens with one attached hydrogen (secondary N) is 2. The molecule has 3 fully saturated rings. The van der Waals surface area contributed by atoms with Crippen LogP contribution in [0.3, 0.4) is 0 Å². The van der Waals surface area contributed by atoms with Crippen molar-refractivity contribution in [3.63, 3.8) is 0 Å². The Morgan fingerprint density at radius 3 is 2.59 bits per heavy atom. The quantitative estimate of drug-likeness (QED) is 0.110. The minimum absolute atomic E-state index is 0.0190. The maximum absolute atomic E-state index is 14.3. The standard InChI is InChI=1S/C40H37ClF4N6O4Si/c41-26-6-4-25(30(42)17-26)21-54-35-3-1-2-31(48-35)23-8-12-50(13-9-23)20-34-47-32-16-24(5-7-33(32)51(34)22-56-15-14-55-56)37(52)46-27-18-28-36(29(19-27)40(43,44)45)49-38(53)39(28)10-11-39/h1-7,16-19,23,56H,8-15,20-22H2,(H,46,52)(H,49,53)/t56-/m0/s1. The molecule has 2 aromatic heterocycles. The zero-order valence-electron chi connectivity index (χ0n) is 30.1. The number of rotatable bonds is 10. The van der Waals surface area contributed by atoms with Crippen molar-refractivity contribution in [1.82, 2.24) is 19.4 Å². The van der Waals surface area contributed by atoms with Crippen LogP contribution in [0.15, 0.2) is 66.7 Å². The van der Waals surface area contributed by atoms with E-state index in [0.717, 1.165) is 67.9 Å². The first-order valence-corrected chi connectivity index (χ1v) is 21.2. The Labute approximate surface area is 325 Å².